The predicted molar refractivity (Wildman–Crippen MR) is 45.1 cm³/mol. The largest absolute Gasteiger partial charge is 0.740 e. The number of hydrogen-bond donors (Lipinski definition) is 1. The molecule has 0 heterocycles. The van der Waals surface area contributed by atoms with Crippen LogP contribution < -0.4 is 9.92 Å². The molecule has 4 nitrogen and oxygen atoms in total. The number of aryl methyl sites for hydroxylation is 1. The highest BCUT2D eigenvalue weighted by molar-refractivity contribution is 7.74. The lowest BCUT2D eigenvalue weighted by Gasteiger charge is -2.09. The van der Waals surface area contributed by atoms with Crippen molar-refractivity contribution in [2.24, 2.45) is 0 Å². The van der Waals surface area contributed by atoms with Gasteiger partial charge in [-0.05, 0) is 24.6 Å². The maximum Gasteiger partial charge on any atom is 0.162 e. The van der Waals surface area contributed by atoms with Crippen molar-refractivity contribution in [2.45, 2.75) is 6.92 Å². The first-order valence-electron chi connectivity index (χ1n) is 3.23. The second kappa shape index (κ2) is 3.55. The first-order valence-corrected chi connectivity index (χ1v) is 4.23. The molecule has 1 rings (SSSR count). The fraction of sp³-hybridized carbons (Fsp3) is 0.143. The van der Waals surface area contributed by atoms with E-state index in [0.717, 1.165) is 5.56 Å². The SMILES string of the molecule is Cc1ccc(N)c(OS(=O)[O-])c1. The lowest BCUT2D eigenvalue weighted by molar-refractivity contribution is 0.441. The molecule has 1 unspecified atom stereocenters. The summed E-state index contributed by atoms with van der Waals surface area (Å²) in [5.41, 5.74) is 6.64. The summed E-state index contributed by atoms with van der Waals surface area (Å²) in [7, 11) is 0. The van der Waals surface area contributed by atoms with E-state index in [0.29, 0.717) is 5.69 Å². The van der Waals surface area contributed by atoms with E-state index in [1.54, 1.807) is 18.2 Å². The minimum atomic E-state index is -2.57. The molecule has 1 aromatic carbocycles. The van der Waals surface area contributed by atoms with Crippen molar-refractivity contribution in [3.8, 4) is 5.75 Å². The van der Waals surface area contributed by atoms with Crippen LogP contribution in [0.1, 0.15) is 5.56 Å². The summed E-state index contributed by atoms with van der Waals surface area (Å²) >= 11 is -2.57. The van der Waals surface area contributed by atoms with E-state index in [9.17, 15) is 8.76 Å². The van der Waals surface area contributed by atoms with Crippen LogP contribution in [-0.2, 0) is 11.4 Å². The van der Waals surface area contributed by atoms with Gasteiger partial charge in [-0.15, -0.1) is 0 Å². The number of nitrogens with two attached hydrogens (primary N) is 1. The fourth-order valence-electron chi connectivity index (χ4n) is 0.787. The van der Waals surface area contributed by atoms with Crippen LogP contribution in [0.3, 0.4) is 0 Å². The Hall–Kier alpha value is -1.07. The average Bonchev–Trinajstić information content (AvgIpc) is 1.96. The molecule has 0 spiro atoms. The van der Waals surface area contributed by atoms with Gasteiger partial charge in [0.25, 0.3) is 0 Å². The summed E-state index contributed by atoms with van der Waals surface area (Å²) in [5, 5.41) is 0. The van der Waals surface area contributed by atoms with Crippen LogP contribution in [0.4, 0.5) is 5.69 Å². The first-order chi connectivity index (χ1) is 5.59. The Morgan fingerprint density at radius 2 is 2.25 bits per heavy atom. The first kappa shape index (κ1) is 9.02. The lowest BCUT2D eigenvalue weighted by atomic mass is 10.2. The Labute approximate surface area is 72.8 Å². The van der Waals surface area contributed by atoms with Crippen LogP contribution in [0.2, 0.25) is 0 Å². The van der Waals surface area contributed by atoms with Crippen molar-refractivity contribution in [3.05, 3.63) is 23.8 Å². The Bertz CT molecular complexity index is 314. The van der Waals surface area contributed by atoms with Crippen molar-refractivity contribution < 1.29 is 12.9 Å². The van der Waals surface area contributed by atoms with E-state index in [1.807, 2.05) is 6.92 Å². The summed E-state index contributed by atoms with van der Waals surface area (Å²) in [6.45, 7) is 1.82. The molecule has 0 saturated carbocycles. The second-order valence-corrected chi connectivity index (χ2v) is 2.90. The zero-order chi connectivity index (χ0) is 9.14. The number of anilines is 1. The predicted octanol–water partition coefficient (Wildman–Crippen LogP) is 0.750. The number of nitrogen functional groups attached to an aromatic ring is 1. The Morgan fingerprint density at radius 3 is 2.83 bits per heavy atom. The van der Waals surface area contributed by atoms with Crippen molar-refractivity contribution in [1.29, 1.82) is 0 Å². The van der Waals surface area contributed by atoms with Gasteiger partial charge in [-0.2, -0.15) is 0 Å². The zero-order valence-electron chi connectivity index (χ0n) is 6.44. The maximum absolute atomic E-state index is 10.2. The smallest absolute Gasteiger partial charge is 0.162 e. The van der Waals surface area contributed by atoms with Crippen LogP contribution in [0.5, 0.6) is 5.75 Å². The summed E-state index contributed by atoms with van der Waals surface area (Å²) in [4.78, 5) is 0. The fourth-order valence-corrected chi connectivity index (χ4v) is 1.08. The van der Waals surface area contributed by atoms with E-state index < -0.39 is 11.4 Å². The van der Waals surface area contributed by atoms with Gasteiger partial charge in [-0.25, -0.2) is 4.21 Å². The summed E-state index contributed by atoms with van der Waals surface area (Å²) in [5.74, 6) is 0.170. The molecule has 0 radical (unpaired) electrons. The number of hydrogen-bond acceptors (Lipinski definition) is 4. The van der Waals surface area contributed by atoms with Crippen molar-refractivity contribution in [1.82, 2.24) is 0 Å². The van der Waals surface area contributed by atoms with E-state index in [1.165, 1.54) is 0 Å². The van der Waals surface area contributed by atoms with Crippen LogP contribution in [-0.4, -0.2) is 8.76 Å². The summed E-state index contributed by atoms with van der Waals surface area (Å²) in [6.07, 6.45) is 0. The van der Waals surface area contributed by atoms with E-state index >= 15 is 0 Å². The van der Waals surface area contributed by atoms with Gasteiger partial charge < -0.3 is 14.5 Å². The molecular weight excluding hydrogens is 178 g/mol. The maximum atomic E-state index is 10.2. The molecular formula is C7H8NO3S-. The molecule has 0 aromatic heterocycles. The van der Waals surface area contributed by atoms with Crippen LogP contribution in [0.25, 0.3) is 0 Å². The normalized spacial score (nSPS) is 12.5. The second-order valence-electron chi connectivity index (χ2n) is 2.33. The van der Waals surface area contributed by atoms with Crippen LogP contribution in [0.15, 0.2) is 18.2 Å². The molecule has 0 bridgehead atoms. The van der Waals surface area contributed by atoms with Gasteiger partial charge >= 0.3 is 0 Å². The third-order valence-corrected chi connectivity index (χ3v) is 1.64. The molecule has 0 aliphatic carbocycles. The van der Waals surface area contributed by atoms with Crippen molar-refractivity contribution >= 4 is 17.0 Å². The zero-order valence-corrected chi connectivity index (χ0v) is 7.26. The standard InChI is InChI=1S/C7H9NO3S/c1-5-2-3-6(8)7(4-5)11-12(9)10/h2-4H,8H2,1H3,(H,9,10)/p-1. The van der Waals surface area contributed by atoms with Gasteiger partial charge in [0.15, 0.2) is 5.75 Å². The molecule has 0 amide bonds. The molecule has 1 aromatic rings. The average molecular weight is 186 g/mol. The third kappa shape index (κ3) is 2.21. The lowest BCUT2D eigenvalue weighted by Crippen LogP contribution is -2.01. The Balaban J connectivity index is 2.97. The minimum absolute atomic E-state index is 0.170. The highest BCUT2D eigenvalue weighted by Gasteiger charge is 1.99. The highest BCUT2D eigenvalue weighted by Crippen LogP contribution is 2.22. The van der Waals surface area contributed by atoms with Gasteiger partial charge in [0, 0.05) is 0 Å². The molecule has 12 heavy (non-hydrogen) atoms. The molecule has 5 heteroatoms. The van der Waals surface area contributed by atoms with Gasteiger partial charge in [-0.1, -0.05) is 6.07 Å². The van der Waals surface area contributed by atoms with Gasteiger partial charge in [0.2, 0.25) is 0 Å². The number of benzene rings is 1. The quantitative estimate of drug-likeness (QED) is 0.546. The summed E-state index contributed by atoms with van der Waals surface area (Å²) in [6, 6.07) is 4.93. The van der Waals surface area contributed by atoms with E-state index in [-0.39, 0.29) is 5.75 Å². The van der Waals surface area contributed by atoms with Crippen LogP contribution in [0, 0.1) is 6.92 Å². The molecule has 0 aliphatic heterocycles. The van der Waals surface area contributed by atoms with Crippen molar-refractivity contribution in [2.75, 3.05) is 5.73 Å². The monoisotopic (exact) mass is 186 g/mol. The van der Waals surface area contributed by atoms with E-state index in [4.69, 9.17) is 5.73 Å². The summed E-state index contributed by atoms with van der Waals surface area (Å²) < 4.78 is 24.7. The highest BCUT2D eigenvalue weighted by atomic mass is 32.2. The topological polar surface area (TPSA) is 75.4 Å². The van der Waals surface area contributed by atoms with Gasteiger partial charge in [-0.3, -0.25) is 0 Å². The molecule has 1 atom stereocenters. The molecule has 0 fully saturated rings. The Kier molecular flexibility index (Phi) is 2.67. The van der Waals surface area contributed by atoms with E-state index in [2.05, 4.69) is 4.18 Å². The molecule has 2 N–H and O–H groups in total. The molecule has 66 valence electrons. The van der Waals surface area contributed by atoms with Crippen molar-refractivity contribution in [3.63, 3.8) is 0 Å². The van der Waals surface area contributed by atoms with Gasteiger partial charge in [0.1, 0.15) is 11.4 Å². The molecule has 0 aliphatic rings. The van der Waals surface area contributed by atoms with Crippen LogP contribution >= 0.6 is 0 Å². The minimum Gasteiger partial charge on any atom is -0.740 e. The third-order valence-electron chi connectivity index (χ3n) is 1.33. The Morgan fingerprint density at radius 1 is 1.58 bits per heavy atom. The molecule has 0 saturated heterocycles. The number of rotatable bonds is 2. The van der Waals surface area contributed by atoms with Gasteiger partial charge in [0.05, 0.1) is 5.69 Å².